The van der Waals surface area contributed by atoms with Gasteiger partial charge in [0.2, 0.25) is 0 Å². The summed E-state index contributed by atoms with van der Waals surface area (Å²) in [5.74, 6) is -1.70. The van der Waals surface area contributed by atoms with Gasteiger partial charge in [-0.05, 0) is 48.9 Å². The van der Waals surface area contributed by atoms with E-state index in [0.717, 1.165) is 17.8 Å². The number of hydrogen-bond acceptors (Lipinski definition) is 4. The summed E-state index contributed by atoms with van der Waals surface area (Å²) < 4.78 is 44.8. The molecule has 0 aromatic heterocycles. The molecule has 0 saturated carbocycles. The van der Waals surface area contributed by atoms with Crippen LogP contribution in [0.25, 0.3) is 0 Å². The van der Waals surface area contributed by atoms with E-state index in [9.17, 15) is 22.8 Å². The number of carbonyl (C=O) groups is 2. The third-order valence-electron chi connectivity index (χ3n) is 3.30. The summed E-state index contributed by atoms with van der Waals surface area (Å²) in [6.45, 7) is 1.90. The van der Waals surface area contributed by atoms with Crippen LogP contribution in [0.3, 0.4) is 0 Å². The molecule has 0 fully saturated rings. The Hall–Kier alpha value is -2.48. The quantitative estimate of drug-likeness (QED) is 0.734. The van der Waals surface area contributed by atoms with Crippen LogP contribution < -0.4 is 0 Å². The second-order valence-corrected chi connectivity index (χ2v) is 6.36. The lowest BCUT2D eigenvalue weighted by Crippen LogP contribution is -2.09. The van der Waals surface area contributed by atoms with Crippen molar-refractivity contribution in [1.29, 1.82) is 0 Å². The van der Waals surface area contributed by atoms with Crippen molar-refractivity contribution in [3.8, 4) is 0 Å². The van der Waals surface area contributed by atoms with Crippen LogP contribution in [0, 0.1) is 0 Å². The normalized spacial score (nSPS) is 11.2. The molecule has 2 aromatic carbocycles. The van der Waals surface area contributed by atoms with E-state index in [1.54, 1.807) is 6.92 Å². The van der Waals surface area contributed by atoms with Crippen LogP contribution in [0.15, 0.2) is 52.3 Å². The number of carboxylic acid groups (broad SMARTS) is 1. The fraction of sp³-hybridized carbons (Fsp3) is 0.222. The SMILES string of the molecule is CCOC(=O)c1ccc(Sc2ccc(CC(=O)O)cc2C(F)(F)F)cc1. The van der Waals surface area contributed by atoms with Crippen molar-refractivity contribution in [2.75, 3.05) is 6.61 Å². The van der Waals surface area contributed by atoms with E-state index in [4.69, 9.17) is 9.84 Å². The molecule has 8 heteroatoms. The zero-order chi connectivity index (χ0) is 19.3. The Morgan fingerprint density at radius 1 is 1.12 bits per heavy atom. The fourth-order valence-corrected chi connectivity index (χ4v) is 3.12. The maximum absolute atomic E-state index is 13.3. The van der Waals surface area contributed by atoms with Crippen molar-refractivity contribution in [1.82, 2.24) is 0 Å². The van der Waals surface area contributed by atoms with Gasteiger partial charge < -0.3 is 9.84 Å². The average molecular weight is 384 g/mol. The van der Waals surface area contributed by atoms with Gasteiger partial charge >= 0.3 is 18.1 Å². The number of ether oxygens (including phenoxy) is 1. The molecule has 0 spiro atoms. The minimum Gasteiger partial charge on any atom is -0.481 e. The Bertz CT molecular complexity index is 801. The summed E-state index contributed by atoms with van der Waals surface area (Å²) in [7, 11) is 0. The van der Waals surface area contributed by atoms with Crippen LogP contribution in [0.2, 0.25) is 0 Å². The summed E-state index contributed by atoms with van der Waals surface area (Å²) >= 11 is 0.883. The third kappa shape index (κ3) is 5.26. The molecular weight excluding hydrogens is 369 g/mol. The van der Waals surface area contributed by atoms with Crippen LogP contribution in [-0.4, -0.2) is 23.7 Å². The first-order chi connectivity index (χ1) is 12.2. The first-order valence-corrected chi connectivity index (χ1v) is 8.39. The maximum Gasteiger partial charge on any atom is 0.417 e. The van der Waals surface area contributed by atoms with Gasteiger partial charge in [-0.15, -0.1) is 0 Å². The van der Waals surface area contributed by atoms with Crippen molar-refractivity contribution in [3.05, 3.63) is 59.2 Å². The lowest BCUT2D eigenvalue weighted by atomic mass is 10.1. The molecule has 4 nitrogen and oxygen atoms in total. The van der Waals surface area contributed by atoms with Gasteiger partial charge in [-0.3, -0.25) is 4.79 Å². The highest BCUT2D eigenvalue weighted by Gasteiger charge is 2.34. The second-order valence-electron chi connectivity index (χ2n) is 5.25. The number of benzene rings is 2. The van der Waals surface area contributed by atoms with Gasteiger partial charge in [-0.1, -0.05) is 17.8 Å². The first kappa shape index (κ1) is 19.8. The predicted octanol–water partition coefficient (Wildman–Crippen LogP) is 4.66. The second kappa shape index (κ2) is 8.27. The molecule has 2 aromatic rings. The summed E-state index contributed by atoms with van der Waals surface area (Å²) in [6, 6.07) is 9.48. The highest BCUT2D eigenvalue weighted by Crippen LogP contribution is 2.40. The molecule has 0 aliphatic rings. The molecule has 0 heterocycles. The molecule has 138 valence electrons. The lowest BCUT2D eigenvalue weighted by molar-refractivity contribution is -0.140. The minimum atomic E-state index is -4.61. The third-order valence-corrected chi connectivity index (χ3v) is 4.38. The summed E-state index contributed by atoms with van der Waals surface area (Å²) in [4.78, 5) is 22.8. The number of halogens is 3. The average Bonchev–Trinajstić information content (AvgIpc) is 2.55. The van der Waals surface area contributed by atoms with E-state index in [1.165, 1.54) is 36.4 Å². The largest absolute Gasteiger partial charge is 0.481 e. The van der Waals surface area contributed by atoms with Crippen LogP contribution in [-0.2, 0) is 22.1 Å². The van der Waals surface area contributed by atoms with E-state index in [0.29, 0.717) is 10.5 Å². The van der Waals surface area contributed by atoms with Gasteiger partial charge in [0.05, 0.1) is 24.2 Å². The molecule has 0 atom stereocenters. The van der Waals surface area contributed by atoms with E-state index < -0.39 is 30.1 Å². The molecule has 0 saturated heterocycles. The molecule has 0 bridgehead atoms. The molecular formula is C18H15F3O4S. The van der Waals surface area contributed by atoms with E-state index in [2.05, 4.69) is 0 Å². The van der Waals surface area contributed by atoms with Crippen molar-refractivity contribution < 1.29 is 32.6 Å². The van der Waals surface area contributed by atoms with Gasteiger partial charge in [0.1, 0.15) is 0 Å². The van der Waals surface area contributed by atoms with Gasteiger partial charge in [0.15, 0.2) is 0 Å². The number of carbonyl (C=O) groups excluding carboxylic acids is 1. The fourth-order valence-electron chi connectivity index (χ4n) is 2.17. The maximum atomic E-state index is 13.3. The Kier molecular flexibility index (Phi) is 6.31. The topological polar surface area (TPSA) is 63.6 Å². The Morgan fingerprint density at radius 2 is 1.77 bits per heavy atom. The molecule has 0 aliphatic carbocycles. The highest BCUT2D eigenvalue weighted by molar-refractivity contribution is 7.99. The summed E-state index contributed by atoms with van der Waals surface area (Å²) in [6.07, 6.45) is -5.09. The van der Waals surface area contributed by atoms with Crippen molar-refractivity contribution in [3.63, 3.8) is 0 Å². The zero-order valence-electron chi connectivity index (χ0n) is 13.7. The summed E-state index contributed by atoms with van der Waals surface area (Å²) in [5.41, 5.74) is -0.508. The predicted molar refractivity (Wildman–Crippen MR) is 89.3 cm³/mol. The van der Waals surface area contributed by atoms with Crippen LogP contribution in [0.1, 0.15) is 28.4 Å². The van der Waals surface area contributed by atoms with Crippen molar-refractivity contribution in [2.24, 2.45) is 0 Å². The van der Waals surface area contributed by atoms with E-state index in [1.807, 2.05) is 0 Å². The van der Waals surface area contributed by atoms with Crippen LogP contribution >= 0.6 is 11.8 Å². The number of alkyl halides is 3. The standard InChI is InChI=1S/C18H15F3O4S/c1-2-25-17(24)12-4-6-13(7-5-12)26-15-8-3-11(10-16(22)23)9-14(15)18(19,20)21/h3-9H,2,10H2,1H3,(H,22,23). The number of rotatable bonds is 6. The molecule has 0 unspecified atom stereocenters. The molecule has 26 heavy (non-hydrogen) atoms. The van der Waals surface area contributed by atoms with Crippen LogP contribution in [0.5, 0.6) is 0 Å². The van der Waals surface area contributed by atoms with Gasteiger partial charge in [0.25, 0.3) is 0 Å². The Balaban J connectivity index is 2.28. The molecule has 1 N–H and O–H groups in total. The molecule has 2 rings (SSSR count). The number of esters is 1. The molecule has 0 radical (unpaired) electrons. The molecule has 0 aliphatic heterocycles. The monoisotopic (exact) mass is 384 g/mol. The smallest absolute Gasteiger partial charge is 0.417 e. The van der Waals surface area contributed by atoms with Gasteiger partial charge in [-0.2, -0.15) is 13.2 Å². The first-order valence-electron chi connectivity index (χ1n) is 7.57. The number of hydrogen-bond donors (Lipinski definition) is 1. The molecule has 0 amide bonds. The summed E-state index contributed by atoms with van der Waals surface area (Å²) in [5, 5.41) is 8.75. The minimum absolute atomic E-state index is 0.0458. The highest BCUT2D eigenvalue weighted by atomic mass is 32.2. The van der Waals surface area contributed by atoms with E-state index >= 15 is 0 Å². The van der Waals surface area contributed by atoms with Crippen molar-refractivity contribution >= 4 is 23.7 Å². The van der Waals surface area contributed by atoms with Gasteiger partial charge in [0, 0.05) is 9.79 Å². The van der Waals surface area contributed by atoms with Crippen molar-refractivity contribution in [2.45, 2.75) is 29.3 Å². The van der Waals surface area contributed by atoms with Gasteiger partial charge in [-0.25, -0.2) is 4.79 Å². The van der Waals surface area contributed by atoms with E-state index in [-0.39, 0.29) is 17.1 Å². The lowest BCUT2D eigenvalue weighted by Gasteiger charge is -2.14. The number of aliphatic carboxylic acids is 1. The zero-order valence-corrected chi connectivity index (χ0v) is 14.5. The Labute approximate surface area is 152 Å². The number of carboxylic acids is 1. The van der Waals surface area contributed by atoms with Crippen LogP contribution in [0.4, 0.5) is 13.2 Å². The Morgan fingerprint density at radius 3 is 2.31 bits per heavy atom.